The Morgan fingerprint density at radius 1 is 0.570 bits per heavy atom. The minimum Gasteiger partial charge on any atom is -0.382 e. The number of rotatable bonds is 8. The fraction of sp³-hybridized carbons (Fsp3) is 0.423. The molecule has 4 saturated heterocycles. The lowest BCUT2D eigenvalue weighted by Gasteiger charge is -2.28. The topological polar surface area (TPSA) is 155 Å². The van der Waals surface area contributed by atoms with E-state index in [-0.39, 0.29) is 50.8 Å². The van der Waals surface area contributed by atoms with Crippen molar-refractivity contribution in [2.45, 2.75) is 101 Å². The molecular weight excluding hydrogens is 1110 g/mol. The van der Waals surface area contributed by atoms with E-state index in [1.54, 1.807) is 11.1 Å². The Hall–Kier alpha value is -6.60. The molecule has 9 heterocycles. The summed E-state index contributed by atoms with van der Waals surface area (Å²) < 4.78 is 151. The number of carbonyl (C=O) groups excluding carboxylic acids is 3. The number of hydrogen-bond acceptors (Lipinski definition) is 10. The molecule has 1 atom stereocenters. The van der Waals surface area contributed by atoms with Crippen molar-refractivity contribution in [2.24, 2.45) is 0 Å². The maximum absolute atomic E-state index is 13.3. The number of pyridine rings is 5. The Labute approximate surface area is 455 Å². The van der Waals surface area contributed by atoms with E-state index in [1.165, 1.54) is 15.9 Å². The summed E-state index contributed by atoms with van der Waals surface area (Å²) in [7, 11) is 0. The van der Waals surface area contributed by atoms with Gasteiger partial charge in [-0.1, -0.05) is 41.9 Å². The molecule has 0 saturated carbocycles. The van der Waals surface area contributed by atoms with E-state index in [0.717, 1.165) is 100 Å². The number of carbonyl (C=O) groups is 3. The molecule has 0 radical (unpaired) electrons. The van der Waals surface area contributed by atoms with E-state index < -0.39 is 47.0 Å². The first kappa shape index (κ1) is 61.6. The van der Waals surface area contributed by atoms with Gasteiger partial charge < -0.3 is 10.6 Å². The highest BCUT2D eigenvalue weighted by Crippen LogP contribution is 2.37. The molecule has 5 aromatic heterocycles. The van der Waals surface area contributed by atoms with Crippen LogP contribution < -0.4 is 20.4 Å². The van der Waals surface area contributed by atoms with Gasteiger partial charge in [0.25, 0.3) is 0 Å². The Kier molecular flexibility index (Phi) is 20.7. The molecular formula is C52H52Cl2F12N10O3. The Morgan fingerprint density at radius 2 is 1.03 bits per heavy atom. The zero-order chi connectivity index (χ0) is 57.9. The summed E-state index contributed by atoms with van der Waals surface area (Å²) in [6.45, 7) is 7.27. The van der Waals surface area contributed by atoms with Gasteiger partial charge >= 0.3 is 24.7 Å². The number of aromatic nitrogens is 5. The highest BCUT2D eigenvalue weighted by molar-refractivity contribution is 6.33. The molecule has 0 aliphatic carbocycles. The molecule has 2 N–H and O–H groups in total. The lowest BCUT2D eigenvalue weighted by atomic mass is 10.0. The third-order valence-electron chi connectivity index (χ3n) is 12.9. The average Bonchev–Trinajstić information content (AvgIpc) is 3.93. The van der Waals surface area contributed by atoms with Crippen molar-refractivity contribution in [3.05, 3.63) is 129 Å². The van der Waals surface area contributed by atoms with Gasteiger partial charge in [0.05, 0.1) is 32.3 Å². The largest absolute Gasteiger partial charge is 0.417 e. The lowest BCUT2D eigenvalue weighted by molar-refractivity contribution is -0.138. The van der Waals surface area contributed by atoms with Crippen LogP contribution in [0.15, 0.2) is 80.0 Å². The molecule has 4 aliphatic heterocycles. The lowest BCUT2D eigenvalue weighted by Crippen LogP contribution is -2.37. The van der Waals surface area contributed by atoms with E-state index in [9.17, 15) is 67.1 Å². The molecule has 4 aliphatic rings. The predicted molar refractivity (Wildman–Crippen MR) is 272 cm³/mol. The molecule has 27 heteroatoms. The summed E-state index contributed by atoms with van der Waals surface area (Å²) in [6.07, 6.45) is -4.35. The number of nitrogen functional groups attached to an aromatic ring is 1. The quantitative estimate of drug-likeness (QED) is 0.148. The van der Waals surface area contributed by atoms with Gasteiger partial charge in [-0.25, -0.2) is 19.9 Å². The molecule has 13 nitrogen and oxygen atoms in total. The number of halogens is 14. The van der Waals surface area contributed by atoms with Gasteiger partial charge in [0.15, 0.2) is 5.82 Å². The van der Waals surface area contributed by atoms with Crippen molar-refractivity contribution in [3.63, 3.8) is 0 Å². The third kappa shape index (κ3) is 17.0. The molecule has 79 heavy (non-hydrogen) atoms. The molecule has 426 valence electrons. The van der Waals surface area contributed by atoms with Gasteiger partial charge in [-0.15, -0.1) is 0 Å². The Bertz CT molecular complexity index is 2930. The molecule has 4 fully saturated rings. The number of anilines is 4. The monoisotopic (exact) mass is 1160 g/mol. The number of nitrogens with zero attached hydrogens (tertiary/aromatic N) is 9. The minimum absolute atomic E-state index is 0.0638. The van der Waals surface area contributed by atoms with Crippen molar-refractivity contribution >= 4 is 70.3 Å². The van der Waals surface area contributed by atoms with Crippen LogP contribution in [-0.2, 0) is 45.5 Å². The smallest absolute Gasteiger partial charge is 0.382 e. The second-order valence-electron chi connectivity index (χ2n) is 18.5. The molecule has 5 aromatic rings. The van der Waals surface area contributed by atoms with Crippen LogP contribution in [0.1, 0.15) is 109 Å². The summed E-state index contributed by atoms with van der Waals surface area (Å²) in [5, 5.41) is -0.343. The minimum atomic E-state index is -4.49. The first-order valence-electron chi connectivity index (χ1n) is 24.7. The number of likely N-dealkylation sites (tertiary alicyclic amines) is 1. The van der Waals surface area contributed by atoms with Crippen LogP contribution in [0, 0.1) is 0 Å². The van der Waals surface area contributed by atoms with Crippen molar-refractivity contribution in [1.29, 1.82) is 0 Å². The Morgan fingerprint density at radius 3 is 1.49 bits per heavy atom. The molecule has 0 aromatic carbocycles. The average molecular weight is 1160 g/mol. The van der Waals surface area contributed by atoms with Crippen LogP contribution in [0.3, 0.4) is 0 Å². The number of nitrogens with two attached hydrogens (primary N) is 1. The zero-order valence-electron chi connectivity index (χ0n) is 41.9. The van der Waals surface area contributed by atoms with Crippen LogP contribution >= 0.6 is 23.2 Å². The molecule has 9 rings (SSSR count). The fourth-order valence-corrected chi connectivity index (χ4v) is 9.18. The summed E-state index contributed by atoms with van der Waals surface area (Å²) in [6, 6.07) is 9.55. The van der Waals surface area contributed by atoms with Crippen LogP contribution in [-0.4, -0.2) is 86.8 Å². The first-order chi connectivity index (χ1) is 37.1. The standard InChI is InChI=1S/C22H25F3N4O.C13H13F3N2O.C11H10ClF3N2O.C6H4ClF3N2/c23-22(24,25)18-13-16(21(27-14-18)29-10-4-2-6-20(29)30)7-11-28-12-8-17(15-28)19-5-1-3-9-26-19;1-2-9-7-10(13(14,15)16)8-17-12(9)18-6-4-3-5-11(18)19;12-8-5-7(11(13,14)15)6-16-10(8)17-4-2-1-3-9(17)18;7-4-1-3(6(8,9)10)2-12-5(4)11/h1,3,5,9,13-14,17H,2,4,6-8,10-12,15H2;2,7-8H,1,3-6H2;5-6H,1-4H2;1-2H,(H2,11,12). The van der Waals surface area contributed by atoms with Gasteiger partial charge in [-0.2, -0.15) is 52.7 Å². The van der Waals surface area contributed by atoms with E-state index >= 15 is 0 Å². The number of amides is 3. The molecule has 0 bridgehead atoms. The number of hydrogen-bond donors (Lipinski definition) is 1. The van der Waals surface area contributed by atoms with E-state index in [2.05, 4.69) is 36.4 Å². The maximum Gasteiger partial charge on any atom is 0.417 e. The fourth-order valence-electron chi connectivity index (χ4n) is 8.74. The Balaban J connectivity index is 0.000000180. The normalized spacial score (nSPS) is 17.5. The van der Waals surface area contributed by atoms with Crippen molar-refractivity contribution in [1.82, 2.24) is 29.8 Å². The van der Waals surface area contributed by atoms with Crippen LogP contribution in [0.2, 0.25) is 10.0 Å². The highest BCUT2D eigenvalue weighted by atomic mass is 35.5. The number of alkyl halides is 12. The van der Waals surface area contributed by atoms with Gasteiger partial charge in [-0.3, -0.25) is 34.1 Å². The number of piperidine rings is 3. The maximum atomic E-state index is 13.3. The van der Waals surface area contributed by atoms with Crippen molar-refractivity contribution < 1.29 is 67.1 Å². The second kappa shape index (κ2) is 26.6. The van der Waals surface area contributed by atoms with E-state index in [4.69, 9.17) is 28.9 Å². The van der Waals surface area contributed by atoms with Gasteiger partial charge in [0.1, 0.15) is 17.5 Å². The van der Waals surface area contributed by atoms with Gasteiger partial charge in [0, 0.05) is 100 Å². The highest BCUT2D eigenvalue weighted by Gasteiger charge is 2.36. The summed E-state index contributed by atoms with van der Waals surface area (Å²) >= 11 is 11.1. The van der Waals surface area contributed by atoms with Gasteiger partial charge in [0.2, 0.25) is 17.7 Å². The second-order valence-corrected chi connectivity index (χ2v) is 19.3. The van der Waals surface area contributed by atoms with Crippen molar-refractivity contribution in [3.8, 4) is 0 Å². The van der Waals surface area contributed by atoms with Crippen LogP contribution in [0.5, 0.6) is 0 Å². The first-order valence-corrected chi connectivity index (χ1v) is 25.4. The van der Waals surface area contributed by atoms with E-state index in [1.807, 2.05) is 18.2 Å². The summed E-state index contributed by atoms with van der Waals surface area (Å²) in [4.78, 5) is 61.6. The molecule has 1 unspecified atom stereocenters. The van der Waals surface area contributed by atoms with Gasteiger partial charge in [-0.05, 0) is 99.9 Å². The molecule has 3 amide bonds. The van der Waals surface area contributed by atoms with Crippen LogP contribution in [0.4, 0.5) is 76.0 Å². The zero-order valence-corrected chi connectivity index (χ0v) is 43.4. The SMILES string of the molecule is C=Cc1cc(C(F)(F)F)cnc1N1CCCCC1=O.Nc1ncc(C(F)(F)F)cc1Cl.O=C1CCCCN1c1ncc(C(F)(F)F)cc1CCN1CCC(c2ccccn2)C1.O=C1CCCCN1c1ncc(C(F)(F)F)cc1Cl. The van der Waals surface area contributed by atoms with Crippen LogP contribution in [0.25, 0.3) is 6.08 Å². The third-order valence-corrected chi connectivity index (χ3v) is 13.5. The summed E-state index contributed by atoms with van der Waals surface area (Å²) in [5.74, 6) is 0.650. The summed E-state index contributed by atoms with van der Waals surface area (Å²) in [5.41, 5.74) is 3.47. The van der Waals surface area contributed by atoms with Crippen molar-refractivity contribution in [2.75, 3.05) is 59.7 Å². The molecule has 0 spiro atoms. The predicted octanol–water partition coefficient (Wildman–Crippen LogP) is 12.9. The van der Waals surface area contributed by atoms with E-state index in [0.29, 0.717) is 81.6 Å².